The van der Waals surface area contributed by atoms with Crippen LogP contribution in [0.3, 0.4) is 0 Å². The van der Waals surface area contributed by atoms with Crippen LogP contribution < -0.4 is 0 Å². The molecule has 158 valence electrons. The fourth-order valence-electron chi connectivity index (χ4n) is 6.61. The molecule has 0 bridgehead atoms. The van der Waals surface area contributed by atoms with Gasteiger partial charge in [-0.05, 0) is 44.1 Å². The maximum Gasteiger partial charge on any atom is 0.225 e. The highest BCUT2D eigenvalue weighted by molar-refractivity contribution is 5.79. The second kappa shape index (κ2) is 8.39. The molecule has 1 unspecified atom stereocenters. The molecule has 1 aliphatic carbocycles. The molecule has 3 aliphatic heterocycles. The van der Waals surface area contributed by atoms with E-state index in [1.54, 1.807) is 0 Å². The number of hydrogen-bond acceptors (Lipinski definition) is 3. The van der Waals surface area contributed by atoms with Crippen molar-refractivity contribution in [3.05, 3.63) is 35.9 Å². The van der Waals surface area contributed by atoms with Gasteiger partial charge >= 0.3 is 0 Å². The first-order valence-corrected chi connectivity index (χ1v) is 11.9. The van der Waals surface area contributed by atoms with Crippen LogP contribution in [0.5, 0.6) is 0 Å². The maximum atomic E-state index is 12.9. The SMILES string of the molecule is O=C(C1CCOCC1)N1CCC(N2CC3(CCCCC3)C2c2ccccc2)CC1. The van der Waals surface area contributed by atoms with Crippen molar-refractivity contribution in [3.63, 3.8) is 0 Å². The molecule has 4 fully saturated rings. The molecule has 4 aliphatic rings. The van der Waals surface area contributed by atoms with Crippen molar-refractivity contribution in [2.45, 2.75) is 69.9 Å². The zero-order valence-corrected chi connectivity index (χ0v) is 17.7. The minimum atomic E-state index is 0.201. The summed E-state index contributed by atoms with van der Waals surface area (Å²) < 4.78 is 5.44. The standard InChI is InChI=1S/C25H36N2O2/c28-24(21-11-17-29-18-12-21)26-15-9-22(10-16-26)27-19-25(13-5-2-6-14-25)23(27)20-7-3-1-4-8-20/h1,3-4,7-8,21-23H,2,5-6,9-19H2. The Hall–Kier alpha value is -1.39. The van der Waals surface area contributed by atoms with E-state index in [1.807, 2.05) is 0 Å². The quantitative estimate of drug-likeness (QED) is 0.759. The summed E-state index contributed by atoms with van der Waals surface area (Å²) in [6.45, 7) is 4.64. The fourth-order valence-corrected chi connectivity index (χ4v) is 6.61. The van der Waals surface area contributed by atoms with Crippen LogP contribution in [0.15, 0.2) is 30.3 Å². The molecular formula is C25H36N2O2. The minimum absolute atomic E-state index is 0.201. The third kappa shape index (κ3) is 3.74. The van der Waals surface area contributed by atoms with E-state index in [1.165, 1.54) is 44.2 Å². The van der Waals surface area contributed by atoms with Gasteiger partial charge in [-0.1, -0.05) is 49.6 Å². The largest absolute Gasteiger partial charge is 0.381 e. The van der Waals surface area contributed by atoms with Crippen LogP contribution in [0.4, 0.5) is 0 Å². The van der Waals surface area contributed by atoms with E-state index in [0.29, 0.717) is 23.4 Å². The molecule has 5 rings (SSSR count). The van der Waals surface area contributed by atoms with Gasteiger partial charge in [0.15, 0.2) is 0 Å². The summed E-state index contributed by atoms with van der Waals surface area (Å²) in [7, 11) is 0. The third-order valence-corrected chi connectivity index (χ3v) is 8.19. The third-order valence-electron chi connectivity index (χ3n) is 8.19. The lowest BCUT2D eigenvalue weighted by Gasteiger charge is -2.63. The van der Waals surface area contributed by atoms with E-state index in [4.69, 9.17) is 4.74 Å². The van der Waals surface area contributed by atoms with Crippen LogP contribution in [0.2, 0.25) is 0 Å². The first-order chi connectivity index (χ1) is 14.3. The molecule has 3 saturated heterocycles. The summed E-state index contributed by atoms with van der Waals surface area (Å²) in [6.07, 6.45) is 11.1. The minimum Gasteiger partial charge on any atom is -0.381 e. The van der Waals surface area contributed by atoms with Crippen LogP contribution in [0.25, 0.3) is 0 Å². The van der Waals surface area contributed by atoms with Gasteiger partial charge in [0.25, 0.3) is 0 Å². The lowest BCUT2D eigenvalue weighted by Crippen LogP contribution is -2.64. The highest BCUT2D eigenvalue weighted by atomic mass is 16.5. The molecule has 0 radical (unpaired) electrons. The number of benzene rings is 1. The molecule has 1 atom stereocenters. The van der Waals surface area contributed by atoms with Gasteiger partial charge in [-0.2, -0.15) is 0 Å². The Morgan fingerprint density at radius 1 is 0.931 bits per heavy atom. The van der Waals surface area contributed by atoms with Crippen LogP contribution in [-0.4, -0.2) is 54.6 Å². The number of nitrogens with zero attached hydrogens (tertiary/aromatic N) is 2. The summed E-state index contributed by atoms with van der Waals surface area (Å²) in [5, 5.41) is 0. The maximum absolute atomic E-state index is 12.9. The van der Waals surface area contributed by atoms with Crippen LogP contribution >= 0.6 is 0 Å². The second-order valence-electron chi connectivity index (χ2n) is 9.85. The Balaban J connectivity index is 1.25. The van der Waals surface area contributed by atoms with Gasteiger partial charge in [-0.15, -0.1) is 0 Å². The van der Waals surface area contributed by atoms with Gasteiger partial charge in [0, 0.05) is 56.3 Å². The number of rotatable bonds is 3. The number of carbonyl (C=O) groups excluding carboxylic acids is 1. The first-order valence-electron chi connectivity index (χ1n) is 11.9. The summed E-state index contributed by atoms with van der Waals surface area (Å²) in [5.74, 6) is 0.589. The second-order valence-corrected chi connectivity index (χ2v) is 9.85. The van der Waals surface area contributed by atoms with E-state index < -0.39 is 0 Å². The topological polar surface area (TPSA) is 32.8 Å². The summed E-state index contributed by atoms with van der Waals surface area (Å²) in [5.41, 5.74) is 2.02. The average Bonchev–Trinajstić information content (AvgIpc) is 2.79. The number of likely N-dealkylation sites (tertiary alicyclic amines) is 2. The monoisotopic (exact) mass is 396 g/mol. The Kier molecular flexibility index (Phi) is 5.66. The molecule has 0 N–H and O–H groups in total. The highest BCUT2D eigenvalue weighted by Gasteiger charge is 2.55. The molecule has 0 aromatic heterocycles. The van der Waals surface area contributed by atoms with E-state index in [2.05, 4.69) is 40.1 Å². The molecule has 1 spiro atoms. The normalized spacial score (nSPS) is 29.0. The van der Waals surface area contributed by atoms with Crippen molar-refractivity contribution in [1.82, 2.24) is 9.80 Å². The Morgan fingerprint density at radius 2 is 1.62 bits per heavy atom. The number of amides is 1. The molecule has 3 heterocycles. The van der Waals surface area contributed by atoms with Crippen molar-refractivity contribution in [2.24, 2.45) is 11.3 Å². The van der Waals surface area contributed by atoms with Crippen LogP contribution in [0.1, 0.15) is 69.4 Å². The van der Waals surface area contributed by atoms with Crippen molar-refractivity contribution in [2.75, 3.05) is 32.8 Å². The highest BCUT2D eigenvalue weighted by Crippen LogP contribution is 2.58. The molecule has 1 aromatic rings. The van der Waals surface area contributed by atoms with Crippen molar-refractivity contribution in [3.8, 4) is 0 Å². The van der Waals surface area contributed by atoms with Crippen molar-refractivity contribution < 1.29 is 9.53 Å². The molecule has 4 nitrogen and oxygen atoms in total. The van der Waals surface area contributed by atoms with Gasteiger partial charge in [-0.3, -0.25) is 9.69 Å². The van der Waals surface area contributed by atoms with E-state index in [-0.39, 0.29) is 5.92 Å². The zero-order chi connectivity index (χ0) is 19.7. The lowest BCUT2D eigenvalue weighted by atomic mass is 9.60. The molecule has 4 heteroatoms. The number of piperidine rings is 1. The van der Waals surface area contributed by atoms with Crippen molar-refractivity contribution in [1.29, 1.82) is 0 Å². The predicted molar refractivity (Wildman–Crippen MR) is 115 cm³/mol. The smallest absolute Gasteiger partial charge is 0.225 e. The molecule has 1 aromatic carbocycles. The van der Waals surface area contributed by atoms with E-state index in [0.717, 1.165) is 52.0 Å². The zero-order valence-electron chi connectivity index (χ0n) is 17.7. The predicted octanol–water partition coefficient (Wildman–Crippen LogP) is 4.41. The van der Waals surface area contributed by atoms with Gasteiger partial charge < -0.3 is 9.64 Å². The van der Waals surface area contributed by atoms with E-state index >= 15 is 0 Å². The average molecular weight is 397 g/mol. The number of hydrogen-bond donors (Lipinski definition) is 0. The Bertz CT molecular complexity index is 686. The number of carbonyl (C=O) groups is 1. The Morgan fingerprint density at radius 3 is 2.31 bits per heavy atom. The van der Waals surface area contributed by atoms with Crippen LogP contribution in [0, 0.1) is 11.3 Å². The summed E-state index contributed by atoms with van der Waals surface area (Å²) in [6, 6.07) is 12.5. The molecular weight excluding hydrogens is 360 g/mol. The number of ether oxygens (including phenoxy) is 1. The van der Waals surface area contributed by atoms with Gasteiger partial charge in [0.05, 0.1) is 0 Å². The molecule has 1 saturated carbocycles. The molecule has 29 heavy (non-hydrogen) atoms. The van der Waals surface area contributed by atoms with Gasteiger partial charge in [0.2, 0.25) is 5.91 Å². The van der Waals surface area contributed by atoms with E-state index in [9.17, 15) is 4.79 Å². The summed E-state index contributed by atoms with van der Waals surface area (Å²) >= 11 is 0. The van der Waals surface area contributed by atoms with Crippen molar-refractivity contribution >= 4 is 5.91 Å². The lowest BCUT2D eigenvalue weighted by molar-refractivity contribution is -0.148. The first kappa shape index (κ1) is 19.6. The summed E-state index contributed by atoms with van der Waals surface area (Å²) in [4.78, 5) is 17.9. The molecule has 1 amide bonds. The Labute approximate surface area is 175 Å². The fraction of sp³-hybridized carbons (Fsp3) is 0.720. The van der Waals surface area contributed by atoms with Gasteiger partial charge in [-0.25, -0.2) is 0 Å². The van der Waals surface area contributed by atoms with Gasteiger partial charge in [0.1, 0.15) is 0 Å². The van der Waals surface area contributed by atoms with Crippen LogP contribution in [-0.2, 0) is 9.53 Å².